The van der Waals surface area contributed by atoms with Crippen LogP contribution in [0.3, 0.4) is 0 Å². The highest BCUT2D eigenvalue weighted by molar-refractivity contribution is 5.72. The van der Waals surface area contributed by atoms with Crippen molar-refractivity contribution in [2.24, 2.45) is 5.92 Å². The van der Waals surface area contributed by atoms with Crippen LogP contribution in [0.15, 0.2) is 24.3 Å². The summed E-state index contributed by atoms with van der Waals surface area (Å²) in [5.41, 5.74) is 1.74. The van der Waals surface area contributed by atoms with E-state index in [1.165, 1.54) is 7.11 Å². The number of ether oxygens (including phenoxy) is 1. The van der Waals surface area contributed by atoms with Crippen molar-refractivity contribution in [3.05, 3.63) is 35.4 Å². The highest BCUT2D eigenvalue weighted by Crippen LogP contribution is 2.13. The number of carbonyl (C=O) groups excluding carboxylic acids is 1. The van der Waals surface area contributed by atoms with E-state index in [4.69, 9.17) is 5.26 Å². The van der Waals surface area contributed by atoms with Gasteiger partial charge in [0.1, 0.15) is 0 Å². The quantitative estimate of drug-likeness (QED) is 0.807. The molecule has 0 amide bonds. The Morgan fingerprint density at radius 2 is 2.00 bits per heavy atom. The number of nitrogens with one attached hydrogen (secondary N) is 1. The first kappa shape index (κ1) is 14.2. The second kappa shape index (κ2) is 6.77. The van der Waals surface area contributed by atoms with Crippen LogP contribution in [0.25, 0.3) is 0 Å². The minimum absolute atomic E-state index is 0.129. The van der Waals surface area contributed by atoms with Crippen LogP contribution in [0, 0.1) is 17.2 Å². The lowest BCUT2D eigenvalue weighted by atomic mass is 10.1. The SMILES string of the molecule is COC(=O)C(C)CNC(C)c1ccc(C#N)cc1. The predicted molar refractivity (Wildman–Crippen MR) is 68.8 cm³/mol. The molecule has 0 fully saturated rings. The fourth-order valence-electron chi connectivity index (χ4n) is 1.60. The first-order chi connectivity index (χ1) is 8.58. The molecular weight excluding hydrogens is 228 g/mol. The molecule has 1 aromatic rings. The number of hydrogen-bond donors (Lipinski definition) is 1. The van der Waals surface area contributed by atoms with E-state index in [-0.39, 0.29) is 17.9 Å². The maximum Gasteiger partial charge on any atom is 0.309 e. The van der Waals surface area contributed by atoms with Crippen molar-refractivity contribution >= 4 is 5.97 Å². The maximum absolute atomic E-state index is 11.2. The largest absolute Gasteiger partial charge is 0.469 e. The molecule has 0 aliphatic heterocycles. The van der Waals surface area contributed by atoms with Crippen molar-refractivity contribution in [3.8, 4) is 6.07 Å². The summed E-state index contributed by atoms with van der Waals surface area (Å²) in [7, 11) is 1.39. The van der Waals surface area contributed by atoms with Crippen molar-refractivity contribution in [1.82, 2.24) is 5.32 Å². The van der Waals surface area contributed by atoms with E-state index in [1.807, 2.05) is 26.0 Å². The molecule has 0 spiro atoms. The summed E-state index contributed by atoms with van der Waals surface area (Å²) in [4.78, 5) is 11.2. The summed E-state index contributed by atoms with van der Waals surface area (Å²) in [6.45, 7) is 4.41. The van der Waals surface area contributed by atoms with Crippen molar-refractivity contribution < 1.29 is 9.53 Å². The van der Waals surface area contributed by atoms with Crippen LogP contribution in [0.1, 0.15) is 31.0 Å². The Morgan fingerprint density at radius 3 is 2.50 bits per heavy atom. The van der Waals surface area contributed by atoms with Crippen LogP contribution < -0.4 is 5.32 Å². The predicted octanol–water partition coefficient (Wildman–Crippen LogP) is 2.02. The van der Waals surface area contributed by atoms with Gasteiger partial charge in [-0.3, -0.25) is 4.79 Å². The third-order valence-corrected chi connectivity index (χ3v) is 2.87. The molecule has 0 aliphatic carbocycles. The molecular formula is C14H18N2O2. The highest BCUT2D eigenvalue weighted by atomic mass is 16.5. The zero-order valence-corrected chi connectivity index (χ0v) is 10.9. The molecule has 1 aromatic carbocycles. The fraction of sp³-hybridized carbons (Fsp3) is 0.429. The fourth-order valence-corrected chi connectivity index (χ4v) is 1.60. The normalized spacial score (nSPS) is 13.4. The number of methoxy groups -OCH3 is 1. The topological polar surface area (TPSA) is 62.1 Å². The molecule has 1 rings (SSSR count). The summed E-state index contributed by atoms with van der Waals surface area (Å²) in [5.74, 6) is -0.384. The lowest BCUT2D eigenvalue weighted by Gasteiger charge is -2.16. The smallest absolute Gasteiger partial charge is 0.309 e. The Hall–Kier alpha value is -1.86. The van der Waals surface area contributed by atoms with Crippen LogP contribution in [-0.2, 0) is 9.53 Å². The van der Waals surface area contributed by atoms with Gasteiger partial charge < -0.3 is 10.1 Å². The van der Waals surface area contributed by atoms with Gasteiger partial charge in [0.05, 0.1) is 24.7 Å². The van der Waals surface area contributed by atoms with Gasteiger partial charge in [-0.05, 0) is 24.6 Å². The minimum atomic E-state index is -0.213. The maximum atomic E-state index is 11.2. The van der Waals surface area contributed by atoms with E-state index in [1.54, 1.807) is 12.1 Å². The highest BCUT2D eigenvalue weighted by Gasteiger charge is 2.14. The molecule has 4 heteroatoms. The summed E-state index contributed by atoms with van der Waals surface area (Å²) < 4.78 is 4.67. The van der Waals surface area contributed by atoms with E-state index < -0.39 is 0 Å². The average molecular weight is 246 g/mol. The van der Waals surface area contributed by atoms with E-state index >= 15 is 0 Å². The lowest BCUT2D eigenvalue weighted by molar-refractivity contribution is -0.144. The van der Waals surface area contributed by atoms with Crippen LogP contribution in [0.5, 0.6) is 0 Å². The van der Waals surface area contributed by atoms with Crippen molar-refractivity contribution in [2.45, 2.75) is 19.9 Å². The third kappa shape index (κ3) is 3.86. The Labute approximate surface area is 108 Å². The molecule has 0 aromatic heterocycles. The van der Waals surface area contributed by atoms with Crippen LogP contribution in [0.2, 0.25) is 0 Å². The number of nitrogens with zero attached hydrogens (tertiary/aromatic N) is 1. The first-order valence-corrected chi connectivity index (χ1v) is 5.89. The number of carbonyl (C=O) groups is 1. The zero-order chi connectivity index (χ0) is 13.5. The molecule has 0 radical (unpaired) electrons. The Balaban J connectivity index is 2.52. The van der Waals surface area contributed by atoms with E-state index in [9.17, 15) is 4.79 Å². The summed E-state index contributed by atoms with van der Waals surface area (Å²) in [5, 5.41) is 12.0. The van der Waals surface area contributed by atoms with Crippen molar-refractivity contribution in [2.75, 3.05) is 13.7 Å². The standard InChI is InChI=1S/C14H18N2O2/c1-10(14(17)18-3)9-16-11(2)13-6-4-12(8-15)5-7-13/h4-7,10-11,16H,9H2,1-3H3. The van der Waals surface area contributed by atoms with Crippen molar-refractivity contribution in [1.29, 1.82) is 5.26 Å². The second-order valence-electron chi connectivity index (χ2n) is 4.29. The molecule has 0 saturated carbocycles. The summed E-state index contributed by atoms with van der Waals surface area (Å²) in [6, 6.07) is 9.62. The van der Waals surface area contributed by atoms with Gasteiger partial charge in [-0.1, -0.05) is 19.1 Å². The van der Waals surface area contributed by atoms with Crippen LogP contribution in [-0.4, -0.2) is 19.6 Å². The van der Waals surface area contributed by atoms with Gasteiger partial charge in [-0.2, -0.15) is 5.26 Å². The summed E-state index contributed by atoms with van der Waals surface area (Å²) >= 11 is 0. The molecule has 1 N–H and O–H groups in total. The molecule has 0 saturated heterocycles. The molecule has 2 unspecified atom stereocenters. The molecule has 96 valence electrons. The van der Waals surface area contributed by atoms with Gasteiger partial charge in [0.2, 0.25) is 0 Å². The Morgan fingerprint density at radius 1 is 1.39 bits per heavy atom. The second-order valence-corrected chi connectivity index (χ2v) is 4.29. The number of esters is 1. The van der Waals surface area contributed by atoms with Gasteiger partial charge >= 0.3 is 5.97 Å². The van der Waals surface area contributed by atoms with Gasteiger partial charge in [-0.15, -0.1) is 0 Å². The molecule has 0 aliphatic rings. The van der Waals surface area contributed by atoms with Crippen molar-refractivity contribution in [3.63, 3.8) is 0 Å². The Bertz CT molecular complexity index is 434. The molecule has 0 heterocycles. The van der Waals surface area contributed by atoms with Gasteiger partial charge in [0.15, 0.2) is 0 Å². The number of hydrogen-bond acceptors (Lipinski definition) is 4. The van der Waals surface area contributed by atoms with E-state index in [0.29, 0.717) is 12.1 Å². The number of rotatable bonds is 5. The van der Waals surface area contributed by atoms with E-state index in [0.717, 1.165) is 5.56 Å². The third-order valence-electron chi connectivity index (χ3n) is 2.87. The van der Waals surface area contributed by atoms with Crippen LogP contribution in [0.4, 0.5) is 0 Å². The van der Waals surface area contributed by atoms with Crippen LogP contribution >= 0.6 is 0 Å². The number of benzene rings is 1. The van der Waals surface area contributed by atoms with E-state index in [2.05, 4.69) is 16.1 Å². The van der Waals surface area contributed by atoms with Gasteiger partial charge in [-0.25, -0.2) is 0 Å². The Kier molecular flexibility index (Phi) is 5.34. The summed E-state index contributed by atoms with van der Waals surface area (Å²) in [6.07, 6.45) is 0. The van der Waals surface area contributed by atoms with Gasteiger partial charge in [0, 0.05) is 12.6 Å². The average Bonchev–Trinajstić information content (AvgIpc) is 2.43. The lowest BCUT2D eigenvalue weighted by Crippen LogP contribution is -2.29. The molecule has 2 atom stereocenters. The van der Waals surface area contributed by atoms with Gasteiger partial charge in [0.25, 0.3) is 0 Å². The zero-order valence-electron chi connectivity index (χ0n) is 10.9. The minimum Gasteiger partial charge on any atom is -0.469 e. The molecule has 0 bridgehead atoms. The molecule has 4 nitrogen and oxygen atoms in total. The first-order valence-electron chi connectivity index (χ1n) is 5.89. The monoisotopic (exact) mass is 246 g/mol. The molecule has 18 heavy (non-hydrogen) atoms. The number of nitriles is 1.